The molecule has 5 heteroatoms. The van der Waals surface area contributed by atoms with Gasteiger partial charge in [-0.05, 0) is 30.2 Å². The van der Waals surface area contributed by atoms with Crippen molar-refractivity contribution in [2.24, 2.45) is 0 Å². The van der Waals surface area contributed by atoms with Crippen LogP contribution >= 0.6 is 0 Å². The molecule has 0 aliphatic carbocycles. The van der Waals surface area contributed by atoms with Gasteiger partial charge in [-0.2, -0.15) is 0 Å². The first-order chi connectivity index (χ1) is 10.7. The molecule has 0 spiro atoms. The minimum absolute atomic E-state index is 0.188. The first-order valence-corrected chi connectivity index (χ1v) is 7.14. The van der Waals surface area contributed by atoms with Gasteiger partial charge in [0.15, 0.2) is 0 Å². The Morgan fingerprint density at radius 1 is 1.09 bits per heavy atom. The number of nitrogens with one attached hydrogen (secondary N) is 1. The van der Waals surface area contributed by atoms with E-state index in [0.717, 1.165) is 28.8 Å². The summed E-state index contributed by atoms with van der Waals surface area (Å²) in [5.41, 5.74) is 3.16. The second-order valence-electron chi connectivity index (χ2n) is 4.97. The van der Waals surface area contributed by atoms with E-state index in [9.17, 15) is 4.79 Å². The second-order valence-corrected chi connectivity index (χ2v) is 4.97. The number of benzene rings is 2. The van der Waals surface area contributed by atoms with Gasteiger partial charge in [0.25, 0.3) is 0 Å². The van der Waals surface area contributed by atoms with Crippen molar-refractivity contribution in [3.05, 3.63) is 52.4 Å². The molecule has 0 amide bonds. The highest BCUT2D eigenvalue weighted by atomic mass is 16.5. The van der Waals surface area contributed by atoms with Gasteiger partial charge >= 0.3 is 5.69 Å². The second kappa shape index (κ2) is 5.60. The lowest BCUT2D eigenvalue weighted by Crippen LogP contribution is -2.16. The van der Waals surface area contributed by atoms with Crippen LogP contribution in [-0.2, 0) is 6.42 Å². The zero-order valence-electron chi connectivity index (χ0n) is 12.8. The lowest BCUT2D eigenvalue weighted by atomic mass is 10.1. The summed E-state index contributed by atoms with van der Waals surface area (Å²) in [5, 5.41) is 0. The SMILES string of the molecule is CCc1cc(-n2c(=O)[nH]c3ccccc32)c(OC)cc1OC. The minimum atomic E-state index is -0.188. The third-order valence-electron chi connectivity index (χ3n) is 3.79. The molecule has 2 aromatic carbocycles. The van der Waals surface area contributed by atoms with Crippen LogP contribution in [0.4, 0.5) is 0 Å². The number of H-pyrrole nitrogens is 1. The number of ether oxygens (including phenoxy) is 2. The minimum Gasteiger partial charge on any atom is -0.496 e. The average Bonchev–Trinajstić information content (AvgIpc) is 2.89. The summed E-state index contributed by atoms with van der Waals surface area (Å²) in [6.45, 7) is 2.05. The number of hydrogen-bond donors (Lipinski definition) is 1. The monoisotopic (exact) mass is 298 g/mol. The molecule has 3 rings (SSSR count). The summed E-state index contributed by atoms with van der Waals surface area (Å²) < 4.78 is 12.5. The Balaban J connectivity index is 2.34. The van der Waals surface area contributed by atoms with Crippen LogP contribution in [0.3, 0.4) is 0 Å². The van der Waals surface area contributed by atoms with E-state index >= 15 is 0 Å². The summed E-state index contributed by atoms with van der Waals surface area (Å²) in [6, 6.07) is 11.3. The molecule has 22 heavy (non-hydrogen) atoms. The molecule has 0 saturated heterocycles. The highest BCUT2D eigenvalue weighted by molar-refractivity contribution is 5.78. The molecular weight excluding hydrogens is 280 g/mol. The van der Waals surface area contributed by atoms with Crippen molar-refractivity contribution in [2.75, 3.05) is 14.2 Å². The van der Waals surface area contributed by atoms with Crippen molar-refractivity contribution in [3.8, 4) is 17.2 Å². The van der Waals surface area contributed by atoms with Crippen LogP contribution in [0.5, 0.6) is 11.5 Å². The molecule has 0 saturated carbocycles. The maximum Gasteiger partial charge on any atom is 0.331 e. The van der Waals surface area contributed by atoms with Crippen LogP contribution in [0.25, 0.3) is 16.7 Å². The smallest absolute Gasteiger partial charge is 0.331 e. The van der Waals surface area contributed by atoms with Crippen LogP contribution in [-0.4, -0.2) is 23.8 Å². The number of rotatable bonds is 4. The molecule has 0 fully saturated rings. The molecule has 0 radical (unpaired) electrons. The Morgan fingerprint density at radius 3 is 2.50 bits per heavy atom. The van der Waals surface area contributed by atoms with E-state index in [0.29, 0.717) is 11.4 Å². The fraction of sp³-hybridized carbons (Fsp3) is 0.235. The Bertz CT molecular complexity index is 877. The van der Waals surface area contributed by atoms with E-state index in [2.05, 4.69) is 4.98 Å². The molecule has 0 aliphatic heterocycles. The van der Waals surface area contributed by atoms with Gasteiger partial charge in [-0.1, -0.05) is 19.1 Å². The molecule has 5 nitrogen and oxygen atoms in total. The van der Waals surface area contributed by atoms with Crippen LogP contribution in [0, 0.1) is 0 Å². The van der Waals surface area contributed by atoms with E-state index in [4.69, 9.17) is 9.47 Å². The number of methoxy groups -OCH3 is 2. The normalized spacial score (nSPS) is 10.9. The Hall–Kier alpha value is -2.69. The molecule has 0 bridgehead atoms. The van der Waals surface area contributed by atoms with Gasteiger partial charge in [0.2, 0.25) is 0 Å². The lowest BCUT2D eigenvalue weighted by Gasteiger charge is -2.14. The number of imidazole rings is 1. The highest BCUT2D eigenvalue weighted by Crippen LogP contribution is 2.32. The van der Waals surface area contributed by atoms with E-state index in [-0.39, 0.29) is 5.69 Å². The molecule has 1 aromatic heterocycles. The molecule has 1 heterocycles. The van der Waals surface area contributed by atoms with Gasteiger partial charge in [0, 0.05) is 6.07 Å². The van der Waals surface area contributed by atoms with Gasteiger partial charge in [0.1, 0.15) is 11.5 Å². The number of fused-ring (bicyclic) bond motifs is 1. The summed E-state index contributed by atoms with van der Waals surface area (Å²) in [4.78, 5) is 15.2. The average molecular weight is 298 g/mol. The van der Waals surface area contributed by atoms with Crippen molar-refractivity contribution < 1.29 is 9.47 Å². The van der Waals surface area contributed by atoms with Crippen molar-refractivity contribution in [2.45, 2.75) is 13.3 Å². The Kier molecular flexibility index (Phi) is 3.63. The van der Waals surface area contributed by atoms with Crippen molar-refractivity contribution >= 4 is 11.0 Å². The van der Waals surface area contributed by atoms with Crippen molar-refractivity contribution in [1.29, 1.82) is 0 Å². The summed E-state index contributed by atoms with van der Waals surface area (Å²) in [5.74, 6) is 1.36. The Labute approximate surface area is 128 Å². The third-order valence-corrected chi connectivity index (χ3v) is 3.79. The third kappa shape index (κ3) is 2.15. The molecule has 1 N–H and O–H groups in total. The number of aromatic amines is 1. The summed E-state index contributed by atoms with van der Waals surface area (Å²) in [6.07, 6.45) is 0.803. The van der Waals surface area contributed by atoms with Crippen LogP contribution in [0.1, 0.15) is 12.5 Å². The number of para-hydroxylation sites is 2. The van der Waals surface area contributed by atoms with E-state index < -0.39 is 0 Å². The summed E-state index contributed by atoms with van der Waals surface area (Å²) in [7, 11) is 3.22. The molecule has 114 valence electrons. The van der Waals surface area contributed by atoms with Crippen LogP contribution in [0.15, 0.2) is 41.2 Å². The van der Waals surface area contributed by atoms with E-state index in [1.165, 1.54) is 0 Å². The summed E-state index contributed by atoms with van der Waals surface area (Å²) >= 11 is 0. The van der Waals surface area contributed by atoms with E-state index in [1.807, 2.05) is 43.3 Å². The van der Waals surface area contributed by atoms with Gasteiger partial charge in [-0.3, -0.25) is 4.57 Å². The first-order valence-electron chi connectivity index (χ1n) is 7.14. The van der Waals surface area contributed by atoms with Gasteiger partial charge < -0.3 is 14.5 Å². The number of hydrogen-bond acceptors (Lipinski definition) is 3. The van der Waals surface area contributed by atoms with E-state index in [1.54, 1.807) is 18.8 Å². The maximum absolute atomic E-state index is 12.4. The maximum atomic E-state index is 12.4. The zero-order chi connectivity index (χ0) is 15.7. The molecule has 3 aromatic rings. The fourth-order valence-corrected chi connectivity index (χ4v) is 2.69. The quantitative estimate of drug-likeness (QED) is 0.805. The topological polar surface area (TPSA) is 56.2 Å². The Morgan fingerprint density at radius 2 is 1.82 bits per heavy atom. The molecule has 0 atom stereocenters. The van der Waals surface area contributed by atoms with Crippen LogP contribution in [0.2, 0.25) is 0 Å². The molecule has 0 unspecified atom stereocenters. The van der Waals surface area contributed by atoms with Gasteiger partial charge in [-0.15, -0.1) is 0 Å². The van der Waals surface area contributed by atoms with Gasteiger partial charge in [-0.25, -0.2) is 4.79 Å². The molecular formula is C17H18N2O3. The van der Waals surface area contributed by atoms with Crippen molar-refractivity contribution in [1.82, 2.24) is 9.55 Å². The number of nitrogens with zero attached hydrogens (tertiary/aromatic N) is 1. The standard InChI is InChI=1S/C17H18N2O3/c1-4-11-9-14(16(22-3)10-15(11)21-2)19-13-8-6-5-7-12(13)18-17(19)20/h5-10H,4H2,1-3H3,(H,18,20). The fourth-order valence-electron chi connectivity index (χ4n) is 2.69. The van der Waals surface area contributed by atoms with Crippen molar-refractivity contribution in [3.63, 3.8) is 0 Å². The predicted octanol–water partition coefficient (Wildman–Crippen LogP) is 2.90. The zero-order valence-corrected chi connectivity index (χ0v) is 12.8. The van der Waals surface area contributed by atoms with Gasteiger partial charge in [0.05, 0.1) is 30.9 Å². The lowest BCUT2D eigenvalue weighted by molar-refractivity contribution is 0.390. The predicted molar refractivity (Wildman–Crippen MR) is 86.4 cm³/mol. The number of aromatic nitrogens is 2. The van der Waals surface area contributed by atoms with Crippen LogP contribution < -0.4 is 15.2 Å². The number of aryl methyl sites for hydroxylation is 1. The first kappa shape index (κ1) is 14.3. The largest absolute Gasteiger partial charge is 0.496 e. The molecule has 0 aliphatic rings. The highest BCUT2D eigenvalue weighted by Gasteiger charge is 2.16.